The van der Waals surface area contributed by atoms with Crippen molar-refractivity contribution in [3.05, 3.63) is 205 Å². The van der Waals surface area contributed by atoms with Crippen molar-refractivity contribution in [1.82, 2.24) is 0 Å². The van der Waals surface area contributed by atoms with Crippen molar-refractivity contribution in [3.8, 4) is 11.1 Å². The molecule has 0 aromatic heterocycles. The summed E-state index contributed by atoms with van der Waals surface area (Å²) in [6.45, 7) is 0. The Labute approximate surface area is 286 Å². The maximum atomic E-state index is 2.42. The summed E-state index contributed by atoms with van der Waals surface area (Å²) in [6, 6.07) is 72.0. The van der Waals surface area contributed by atoms with E-state index >= 15 is 0 Å². The Morgan fingerprint density at radius 1 is 0.271 bits per heavy atom. The van der Waals surface area contributed by atoms with Gasteiger partial charge in [-0.25, -0.2) is 0 Å². The second-order valence-corrected chi connectivity index (χ2v) is 16.6. The number of benzene rings is 8. The van der Waals surface area contributed by atoms with E-state index in [1.807, 2.05) is 0 Å². The summed E-state index contributed by atoms with van der Waals surface area (Å²) in [5.74, 6) is 0. The highest BCUT2D eigenvalue weighted by Gasteiger charge is 2.23. The fraction of sp³-hybridized carbons (Fsp3) is 0.0435. The number of rotatable bonds is 9. The normalized spacial score (nSPS) is 11.5. The van der Waals surface area contributed by atoms with Gasteiger partial charge in [-0.1, -0.05) is 194 Å². The van der Waals surface area contributed by atoms with Gasteiger partial charge in [-0.15, -0.1) is 0 Å². The molecular weight excluding hydrogens is 614 g/mol. The quantitative estimate of drug-likeness (QED) is 0.136. The van der Waals surface area contributed by atoms with E-state index in [2.05, 4.69) is 194 Å². The fourth-order valence-corrected chi connectivity index (χ4v) is 11.6. The summed E-state index contributed by atoms with van der Waals surface area (Å²) >= 11 is 0. The van der Waals surface area contributed by atoms with E-state index in [4.69, 9.17) is 0 Å². The molecule has 0 amide bonds. The first kappa shape index (κ1) is 30.5. The standard InChI is InChI=1S/C46H36P2/c1-5-19-39(20-6-1)47(40-21-7-2-8-22-40)33-37-31-29-35-17-13-15-27-43(35)45(37)46-38(32-30-36-18-14-16-28-44(36)46)34-48(41-23-9-3-10-24-41)42-25-11-4-12-26-42/h1-32H,33-34H2. The van der Waals surface area contributed by atoms with E-state index in [1.165, 1.54) is 65.0 Å². The predicted octanol–water partition coefficient (Wildman–Crippen LogP) is 10.9. The predicted molar refractivity (Wildman–Crippen MR) is 212 cm³/mol. The van der Waals surface area contributed by atoms with Crippen molar-refractivity contribution in [2.75, 3.05) is 0 Å². The second kappa shape index (κ2) is 14.1. The lowest BCUT2D eigenvalue weighted by Crippen LogP contribution is -2.14. The average molecular weight is 651 g/mol. The summed E-state index contributed by atoms with van der Waals surface area (Å²) in [5, 5.41) is 10.9. The highest BCUT2D eigenvalue weighted by atomic mass is 31.1. The highest BCUT2D eigenvalue weighted by molar-refractivity contribution is 7.72. The first-order valence-corrected chi connectivity index (χ1v) is 19.7. The van der Waals surface area contributed by atoms with E-state index < -0.39 is 15.8 Å². The maximum absolute atomic E-state index is 2.42. The van der Waals surface area contributed by atoms with Crippen LogP contribution in [0.2, 0.25) is 0 Å². The molecule has 0 unspecified atom stereocenters. The van der Waals surface area contributed by atoms with Crippen LogP contribution in [0.25, 0.3) is 32.7 Å². The van der Waals surface area contributed by atoms with Gasteiger partial charge in [-0.3, -0.25) is 0 Å². The van der Waals surface area contributed by atoms with Gasteiger partial charge in [0.1, 0.15) is 0 Å². The van der Waals surface area contributed by atoms with Crippen LogP contribution in [0.4, 0.5) is 0 Å². The molecule has 0 radical (unpaired) electrons. The van der Waals surface area contributed by atoms with Gasteiger partial charge in [0.2, 0.25) is 0 Å². The summed E-state index contributed by atoms with van der Waals surface area (Å²) in [4.78, 5) is 0. The third kappa shape index (κ3) is 6.23. The van der Waals surface area contributed by atoms with E-state index in [-0.39, 0.29) is 0 Å². The monoisotopic (exact) mass is 650 g/mol. The van der Waals surface area contributed by atoms with Gasteiger partial charge in [0.05, 0.1) is 0 Å². The Morgan fingerprint density at radius 2 is 0.562 bits per heavy atom. The van der Waals surface area contributed by atoms with Gasteiger partial charge < -0.3 is 0 Å². The number of hydrogen-bond acceptors (Lipinski definition) is 0. The third-order valence-electron chi connectivity index (χ3n) is 9.21. The van der Waals surface area contributed by atoms with Gasteiger partial charge in [0, 0.05) is 12.3 Å². The summed E-state index contributed by atoms with van der Waals surface area (Å²) in [6.07, 6.45) is 1.94. The molecule has 48 heavy (non-hydrogen) atoms. The minimum absolute atomic E-state index is 0.627. The molecule has 0 heterocycles. The Kier molecular flexibility index (Phi) is 8.95. The topological polar surface area (TPSA) is 0 Å². The van der Waals surface area contributed by atoms with Crippen LogP contribution in [0.3, 0.4) is 0 Å². The van der Waals surface area contributed by atoms with Gasteiger partial charge in [-0.2, -0.15) is 0 Å². The third-order valence-corrected chi connectivity index (χ3v) is 14.2. The molecule has 0 fully saturated rings. The molecule has 0 spiro atoms. The number of fused-ring (bicyclic) bond motifs is 2. The van der Waals surface area contributed by atoms with Gasteiger partial charge in [0.25, 0.3) is 0 Å². The first-order chi connectivity index (χ1) is 23.8. The van der Waals surface area contributed by atoms with Crippen molar-refractivity contribution < 1.29 is 0 Å². The molecule has 0 aliphatic rings. The van der Waals surface area contributed by atoms with Crippen LogP contribution >= 0.6 is 15.8 Å². The SMILES string of the molecule is c1ccc(P(Cc2ccc3ccccc3c2-c2c(CP(c3ccccc3)c3ccccc3)ccc3ccccc23)c2ccccc2)cc1. The zero-order valence-electron chi connectivity index (χ0n) is 26.8. The van der Waals surface area contributed by atoms with Crippen molar-refractivity contribution in [2.24, 2.45) is 0 Å². The van der Waals surface area contributed by atoms with Gasteiger partial charge >= 0.3 is 0 Å². The Morgan fingerprint density at radius 3 is 0.896 bits per heavy atom. The van der Waals surface area contributed by atoms with Crippen LogP contribution in [-0.4, -0.2) is 0 Å². The van der Waals surface area contributed by atoms with E-state index in [0.29, 0.717) is 0 Å². The van der Waals surface area contributed by atoms with Crippen molar-refractivity contribution in [3.63, 3.8) is 0 Å². The van der Waals surface area contributed by atoms with Crippen LogP contribution in [-0.2, 0) is 12.3 Å². The zero-order valence-corrected chi connectivity index (χ0v) is 28.6. The molecule has 0 N–H and O–H groups in total. The summed E-state index contributed by atoms with van der Waals surface area (Å²) in [7, 11) is -1.25. The van der Waals surface area contributed by atoms with Crippen molar-refractivity contribution in [2.45, 2.75) is 12.3 Å². The minimum atomic E-state index is -0.627. The molecule has 8 rings (SSSR count). The van der Waals surface area contributed by atoms with Crippen LogP contribution in [0.5, 0.6) is 0 Å². The molecule has 0 saturated heterocycles. The zero-order chi connectivity index (χ0) is 32.1. The van der Waals surface area contributed by atoms with Crippen LogP contribution in [0.15, 0.2) is 194 Å². The highest BCUT2D eigenvalue weighted by Crippen LogP contribution is 2.48. The van der Waals surface area contributed by atoms with Crippen molar-refractivity contribution in [1.29, 1.82) is 0 Å². The molecule has 0 aliphatic carbocycles. The molecular formula is C46H36P2. The lowest BCUT2D eigenvalue weighted by molar-refractivity contribution is 1.38. The van der Waals surface area contributed by atoms with Crippen LogP contribution in [0.1, 0.15) is 11.1 Å². The molecule has 8 aromatic rings. The van der Waals surface area contributed by atoms with Crippen LogP contribution in [0, 0.1) is 0 Å². The molecule has 0 nitrogen and oxygen atoms in total. The fourth-order valence-electron chi connectivity index (χ4n) is 6.92. The van der Waals surface area contributed by atoms with Gasteiger partial charge in [-0.05, 0) is 80.9 Å². The van der Waals surface area contributed by atoms with E-state index in [1.54, 1.807) is 0 Å². The molecule has 0 saturated carbocycles. The second-order valence-electron chi connectivity index (χ2n) is 12.2. The molecule has 8 aromatic carbocycles. The molecule has 0 bridgehead atoms. The first-order valence-electron chi connectivity index (χ1n) is 16.6. The smallest absolute Gasteiger partial charge is 0.00138 e. The Hall–Kier alpha value is -4.86. The minimum Gasteiger partial charge on any atom is -0.0622 e. The van der Waals surface area contributed by atoms with Gasteiger partial charge in [0.15, 0.2) is 0 Å². The maximum Gasteiger partial charge on any atom is 0.00138 e. The summed E-state index contributed by atoms with van der Waals surface area (Å²) in [5.41, 5.74) is 5.59. The van der Waals surface area contributed by atoms with E-state index in [9.17, 15) is 0 Å². The van der Waals surface area contributed by atoms with Crippen LogP contribution < -0.4 is 21.2 Å². The lowest BCUT2D eigenvalue weighted by Gasteiger charge is -2.25. The van der Waals surface area contributed by atoms with Crippen molar-refractivity contribution >= 4 is 58.6 Å². The molecule has 2 heteroatoms. The van der Waals surface area contributed by atoms with E-state index in [0.717, 1.165) is 12.3 Å². The Bertz CT molecular complexity index is 2040. The lowest BCUT2D eigenvalue weighted by atomic mass is 9.88. The molecule has 230 valence electrons. The Balaban J connectivity index is 1.37. The average Bonchev–Trinajstić information content (AvgIpc) is 3.17. The molecule has 0 atom stereocenters. The number of hydrogen-bond donors (Lipinski definition) is 0. The molecule has 0 aliphatic heterocycles. The summed E-state index contributed by atoms with van der Waals surface area (Å²) < 4.78 is 0. The largest absolute Gasteiger partial charge is 0.0622 e.